The molecule has 7 rings (SSSR count). The number of thiophene rings is 2. The molecule has 0 radical (unpaired) electrons. The zero-order valence-electron chi connectivity index (χ0n) is 37.3. The number of nitrogens with zero attached hydrogens (tertiary/aromatic N) is 2. The van der Waals surface area contributed by atoms with Gasteiger partial charge in [-0.3, -0.25) is 0 Å². The van der Waals surface area contributed by atoms with E-state index >= 15 is 0 Å². The van der Waals surface area contributed by atoms with Crippen LogP contribution in [0.4, 0.5) is 0 Å². The Labute approximate surface area is 366 Å². The third kappa shape index (κ3) is 9.90. The van der Waals surface area contributed by atoms with Crippen molar-refractivity contribution in [3.63, 3.8) is 0 Å². The van der Waals surface area contributed by atoms with Gasteiger partial charge in [0.05, 0.1) is 22.4 Å². The summed E-state index contributed by atoms with van der Waals surface area (Å²) in [6.45, 7) is 13.7. The van der Waals surface area contributed by atoms with Gasteiger partial charge in [-0.2, -0.15) is 0 Å². The third-order valence-corrected chi connectivity index (χ3v) is 20.6. The van der Waals surface area contributed by atoms with E-state index in [1.165, 1.54) is 153 Å². The van der Waals surface area contributed by atoms with Gasteiger partial charge in [0.15, 0.2) is 0 Å². The summed E-state index contributed by atoms with van der Waals surface area (Å²) in [5.74, 6) is 0. The van der Waals surface area contributed by atoms with Crippen molar-refractivity contribution in [2.75, 3.05) is 0 Å². The number of rotatable bonds is 23. The van der Waals surface area contributed by atoms with Crippen LogP contribution < -0.4 is 10.4 Å². The minimum absolute atomic E-state index is 0.996. The number of fused-ring (bicyclic) bond motifs is 4. The molecule has 2 nitrogen and oxygen atoms in total. The predicted molar refractivity (Wildman–Crippen MR) is 265 cm³/mol. The summed E-state index contributed by atoms with van der Waals surface area (Å²) in [5, 5.41) is 3.46. The molecule has 3 aromatic heterocycles. The van der Waals surface area contributed by atoms with Gasteiger partial charge in [-0.15, -0.1) is 22.7 Å². The Hall–Kier alpha value is -3.38. The number of aromatic nitrogens is 2. The smallest absolute Gasteiger partial charge is 0.119 e. The summed E-state index contributed by atoms with van der Waals surface area (Å²) >= 11 is 3.80. The van der Waals surface area contributed by atoms with Crippen LogP contribution in [0, 0.1) is 13.8 Å². The first-order valence-corrected chi connectivity index (χ1v) is 27.7. The third-order valence-electron chi connectivity index (χ3n) is 13.1. The summed E-state index contributed by atoms with van der Waals surface area (Å²) in [6, 6.07) is 31.8. The lowest BCUT2D eigenvalue weighted by molar-refractivity contribution is 0.616. The maximum atomic E-state index is 5.57. The van der Waals surface area contributed by atoms with Crippen LogP contribution in [0.1, 0.15) is 152 Å². The van der Waals surface area contributed by atoms with Crippen molar-refractivity contribution in [3.05, 3.63) is 94.6 Å². The van der Waals surface area contributed by atoms with Gasteiger partial charge in [-0.1, -0.05) is 172 Å². The largest absolute Gasteiger partial charge is 0.249 e. The Balaban J connectivity index is 1.29. The van der Waals surface area contributed by atoms with Gasteiger partial charge in [0, 0.05) is 30.6 Å². The summed E-state index contributed by atoms with van der Waals surface area (Å²) < 4.78 is 0. The predicted octanol–water partition coefficient (Wildman–Crippen LogP) is 16.3. The first-order chi connectivity index (χ1) is 28.9. The lowest BCUT2D eigenvalue weighted by Crippen LogP contribution is -2.55. The molecule has 0 saturated carbocycles. The number of benzene rings is 3. The molecule has 0 atom stereocenters. The van der Waals surface area contributed by atoms with Crippen molar-refractivity contribution < 1.29 is 0 Å². The van der Waals surface area contributed by atoms with E-state index < -0.39 is 8.07 Å². The van der Waals surface area contributed by atoms with E-state index in [0.29, 0.717) is 0 Å². The Morgan fingerprint density at radius 1 is 0.441 bits per heavy atom. The molecule has 0 N–H and O–H groups in total. The Morgan fingerprint density at radius 3 is 1.47 bits per heavy atom. The molecular weight excluding hydrogens is 769 g/mol. The molecule has 1 aliphatic heterocycles. The minimum Gasteiger partial charge on any atom is -0.249 e. The van der Waals surface area contributed by atoms with Crippen molar-refractivity contribution >= 4 is 52.2 Å². The molecule has 0 saturated heterocycles. The van der Waals surface area contributed by atoms with Crippen molar-refractivity contribution in [2.45, 2.75) is 169 Å². The van der Waals surface area contributed by atoms with Crippen LogP contribution in [-0.2, 0) is 12.8 Å². The van der Waals surface area contributed by atoms with Crippen LogP contribution >= 0.6 is 22.7 Å². The molecule has 6 aromatic rings. The molecule has 0 amide bonds. The number of unbranched alkanes of at least 4 members (excludes halogenated alkanes) is 12. The summed E-state index contributed by atoms with van der Waals surface area (Å²) in [7, 11) is -1.98. The molecule has 0 fully saturated rings. The van der Waals surface area contributed by atoms with Crippen LogP contribution in [0.2, 0.25) is 12.1 Å². The van der Waals surface area contributed by atoms with Crippen LogP contribution in [0.15, 0.2) is 72.8 Å². The van der Waals surface area contributed by atoms with Crippen LogP contribution in [0.3, 0.4) is 0 Å². The highest BCUT2D eigenvalue weighted by molar-refractivity contribution is 7.19. The summed E-state index contributed by atoms with van der Waals surface area (Å²) in [6.07, 6.45) is 23.0. The maximum absolute atomic E-state index is 5.57. The fourth-order valence-corrected chi connectivity index (χ4v) is 17.4. The Morgan fingerprint density at radius 2 is 0.915 bits per heavy atom. The van der Waals surface area contributed by atoms with Crippen LogP contribution in [0.25, 0.3) is 53.5 Å². The van der Waals surface area contributed by atoms with Gasteiger partial charge in [0.1, 0.15) is 8.07 Å². The summed E-state index contributed by atoms with van der Waals surface area (Å²) in [5.41, 5.74) is 12.9. The van der Waals surface area contributed by atoms with E-state index in [4.69, 9.17) is 9.97 Å². The van der Waals surface area contributed by atoms with Gasteiger partial charge in [0.25, 0.3) is 0 Å². The highest BCUT2D eigenvalue weighted by Crippen LogP contribution is 2.43. The van der Waals surface area contributed by atoms with Crippen molar-refractivity contribution in [2.24, 2.45) is 0 Å². The lowest BCUT2D eigenvalue weighted by Gasteiger charge is -2.31. The second-order valence-corrected chi connectivity index (χ2v) is 24.3. The monoisotopic (exact) mass is 838 g/mol. The van der Waals surface area contributed by atoms with Crippen molar-refractivity contribution in [1.82, 2.24) is 9.97 Å². The molecular formula is C54H70N2S2Si. The number of hydrogen-bond acceptors (Lipinski definition) is 4. The van der Waals surface area contributed by atoms with Crippen molar-refractivity contribution in [3.8, 4) is 42.4 Å². The Bertz CT molecular complexity index is 2280. The highest BCUT2D eigenvalue weighted by Gasteiger charge is 2.44. The molecule has 3 aromatic carbocycles. The van der Waals surface area contributed by atoms with E-state index in [2.05, 4.69) is 114 Å². The molecule has 0 aliphatic carbocycles. The standard InChI is InChI=1S/C54H70N2S2Si/c1-7-11-15-17-19-21-35-59(36-22-20-18-16-12-8-2)51-37-39(5)25-28-42(51)43-29-27-41(38-52(43)59)48-33-34-50(58-48)45-31-30-44(49-32-26-40(6)57-49)53-54(45)56-47(24-14-10-4)46(55-53)23-13-9-3/h25-34,37-38H,7-24,35-36H2,1-6H3. The zero-order chi connectivity index (χ0) is 41.2. The van der Waals surface area contributed by atoms with Gasteiger partial charge >= 0.3 is 0 Å². The van der Waals surface area contributed by atoms with Gasteiger partial charge in [0.2, 0.25) is 0 Å². The minimum atomic E-state index is -1.98. The van der Waals surface area contributed by atoms with Gasteiger partial charge < -0.3 is 0 Å². The molecule has 0 unspecified atom stereocenters. The molecule has 5 heteroatoms. The van der Waals surface area contributed by atoms with Crippen molar-refractivity contribution in [1.29, 1.82) is 0 Å². The van der Waals surface area contributed by atoms with E-state index in [-0.39, 0.29) is 0 Å². The first-order valence-electron chi connectivity index (χ1n) is 23.7. The fourth-order valence-electron chi connectivity index (χ4n) is 9.75. The SMILES string of the molecule is CCCCCCCC[Si]1(CCCCCCCC)c2cc(C)ccc2-c2ccc(-c3ccc(-c4ccc(-c5ccc(C)s5)c5nc(CCCC)c(CCCC)nc45)s3)cc21. The van der Waals surface area contributed by atoms with E-state index in [1.54, 1.807) is 10.4 Å². The topological polar surface area (TPSA) is 25.8 Å². The number of aryl methyl sites for hydroxylation is 4. The van der Waals surface area contributed by atoms with Gasteiger partial charge in [-0.25, -0.2) is 9.97 Å². The van der Waals surface area contributed by atoms with Gasteiger partial charge in [-0.05, 0) is 103 Å². The lowest BCUT2D eigenvalue weighted by atomic mass is 10.0. The maximum Gasteiger partial charge on any atom is 0.119 e. The molecule has 4 heterocycles. The normalized spacial score (nSPS) is 13.1. The fraction of sp³-hybridized carbons (Fsp3) is 0.481. The van der Waals surface area contributed by atoms with Crippen LogP contribution in [0.5, 0.6) is 0 Å². The zero-order valence-corrected chi connectivity index (χ0v) is 39.9. The number of hydrogen-bond donors (Lipinski definition) is 0. The average molecular weight is 839 g/mol. The second-order valence-electron chi connectivity index (χ2n) is 17.7. The molecule has 312 valence electrons. The van der Waals surface area contributed by atoms with E-state index in [0.717, 1.165) is 49.6 Å². The summed E-state index contributed by atoms with van der Waals surface area (Å²) in [4.78, 5) is 16.4. The second kappa shape index (κ2) is 20.9. The average Bonchev–Trinajstić information content (AvgIpc) is 3.98. The van der Waals surface area contributed by atoms with E-state index in [1.807, 2.05) is 22.7 Å². The first kappa shape index (κ1) is 43.7. The highest BCUT2D eigenvalue weighted by atomic mass is 32.1. The van der Waals surface area contributed by atoms with E-state index in [9.17, 15) is 0 Å². The van der Waals surface area contributed by atoms with Crippen LogP contribution in [-0.4, -0.2) is 18.0 Å². The Kier molecular flexibility index (Phi) is 15.5. The molecule has 0 spiro atoms. The molecule has 59 heavy (non-hydrogen) atoms. The quantitative estimate of drug-likeness (QED) is 0.0474. The molecule has 1 aliphatic rings. The molecule has 0 bridgehead atoms.